The number of methoxy groups -OCH3 is 1. The molecule has 0 aromatic heterocycles. The van der Waals surface area contributed by atoms with Gasteiger partial charge in [-0.3, -0.25) is 9.59 Å². The van der Waals surface area contributed by atoms with Crippen LogP contribution in [0.15, 0.2) is 91.0 Å². The molecule has 0 saturated carbocycles. The lowest BCUT2D eigenvalue weighted by atomic mass is 9.84. The Kier molecular flexibility index (Phi) is 14.4. The second kappa shape index (κ2) is 18.5. The predicted octanol–water partition coefficient (Wildman–Crippen LogP) is 8.47. The Morgan fingerprint density at radius 3 is 1.98 bits per heavy atom. The van der Waals surface area contributed by atoms with Gasteiger partial charge in [-0.15, -0.1) is 0 Å². The van der Waals surface area contributed by atoms with Crippen molar-refractivity contribution >= 4 is 18.0 Å². The summed E-state index contributed by atoms with van der Waals surface area (Å²) in [5.74, 6) is -0.889. The molecule has 3 aromatic carbocycles. The molecule has 5 heteroatoms. The van der Waals surface area contributed by atoms with Crippen LogP contribution >= 0.6 is 0 Å². The molecule has 0 amide bonds. The molecule has 42 heavy (non-hydrogen) atoms. The minimum absolute atomic E-state index is 0.183. The number of hydrogen-bond donors (Lipinski definition) is 0. The Morgan fingerprint density at radius 2 is 1.33 bits per heavy atom. The minimum Gasteiger partial charge on any atom is -0.497 e. The number of esters is 2. The SMILES string of the molecule is COc1ccc(/C=C/C[C@@H](C(=O)OCC(C)C)[C@H](CCCCCCc2ccccc2)C(=O)OCc2ccccc2)cc1. The van der Waals surface area contributed by atoms with E-state index in [9.17, 15) is 9.59 Å². The molecule has 3 rings (SSSR count). The molecule has 3 aromatic rings. The van der Waals surface area contributed by atoms with E-state index in [1.807, 2.05) is 86.7 Å². The average molecular weight is 571 g/mol. The second-order valence-electron chi connectivity index (χ2n) is 11.2. The van der Waals surface area contributed by atoms with Gasteiger partial charge in [0.1, 0.15) is 12.4 Å². The van der Waals surface area contributed by atoms with Gasteiger partial charge >= 0.3 is 11.9 Å². The van der Waals surface area contributed by atoms with Gasteiger partial charge in [0, 0.05) is 0 Å². The quantitative estimate of drug-likeness (QED) is 0.113. The lowest BCUT2D eigenvalue weighted by molar-refractivity contribution is -0.162. The van der Waals surface area contributed by atoms with E-state index in [1.165, 1.54) is 5.56 Å². The van der Waals surface area contributed by atoms with Crippen molar-refractivity contribution < 1.29 is 23.8 Å². The van der Waals surface area contributed by atoms with Gasteiger partial charge in [0.2, 0.25) is 0 Å². The molecule has 0 aliphatic carbocycles. The van der Waals surface area contributed by atoms with E-state index in [2.05, 4.69) is 24.3 Å². The molecule has 0 heterocycles. The highest BCUT2D eigenvalue weighted by atomic mass is 16.5. The molecule has 0 aliphatic heterocycles. The van der Waals surface area contributed by atoms with Gasteiger partial charge in [0.25, 0.3) is 0 Å². The Hall–Kier alpha value is -3.86. The van der Waals surface area contributed by atoms with Gasteiger partial charge in [-0.2, -0.15) is 0 Å². The molecule has 0 fully saturated rings. The smallest absolute Gasteiger partial charge is 0.310 e. The lowest BCUT2D eigenvalue weighted by Gasteiger charge is -2.24. The van der Waals surface area contributed by atoms with E-state index in [0.29, 0.717) is 19.4 Å². The molecular weight excluding hydrogens is 524 g/mol. The highest BCUT2D eigenvalue weighted by molar-refractivity contribution is 5.82. The first kappa shape index (κ1) is 32.7. The summed E-state index contributed by atoms with van der Waals surface area (Å²) in [5, 5.41) is 0. The molecule has 2 atom stereocenters. The summed E-state index contributed by atoms with van der Waals surface area (Å²) >= 11 is 0. The van der Waals surface area contributed by atoms with Crippen LogP contribution in [0.25, 0.3) is 6.08 Å². The molecule has 5 nitrogen and oxygen atoms in total. The molecule has 0 spiro atoms. The van der Waals surface area contributed by atoms with Gasteiger partial charge in [-0.1, -0.05) is 118 Å². The third-order valence-electron chi connectivity index (χ3n) is 7.26. The number of ether oxygens (including phenoxy) is 3. The summed E-state index contributed by atoms with van der Waals surface area (Å²) in [5.41, 5.74) is 3.26. The van der Waals surface area contributed by atoms with E-state index >= 15 is 0 Å². The Bertz CT molecular complexity index is 1200. The van der Waals surface area contributed by atoms with Crippen molar-refractivity contribution in [3.05, 3.63) is 108 Å². The van der Waals surface area contributed by atoms with Crippen molar-refractivity contribution in [3.63, 3.8) is 0 Å². The molecule has 0 saturated heterocycles. The van der Waals surface area contributed by atoms with Crippen molar-refractivity contribution in [1.29, 1.82) is 0 Å². The number of unbranched alkanes of at least 4 members (excludes halogenated alkanes) is 3. The van der Waals surface area contributed by atoms with Crippen molar-refractivity contribution in [1.82, 2.24) is 0 Å². The summed E-state index contributed by atoms with van der Waals surface area (Å²) in [4.78, 5) is 26.9. The molecule has 0 unspecified atom stereocenters. The van der Waals surface area contributed by atoms with Crippen molar-refractivity contribution in [2.24, 2.45) is 17.8 Å². The van der Waals surface area contributed by atoms with Crippen LogP contribution in [-0.4, -0.2) is 25.7 Å². The van der Waals surface area contributed by atoms with E-state index in [-0.39, 0.29) is 24.5 Å². The molecule has 0 radical (unpaired) electrons. The standard InChI is InChI=1S/C37H46O5/c1-29(2)27-41-36(38)35(22-14-20-31-23-25-33(40-3)26-24-31)34(37(39)42-28-32-18-11-7-12-19-32)21-13-5-4-8-15-30-16-9-6-10-17-30/h6-7,9-12,14,16-20,23-26,29,34-35H,4-5,8,13,15,21-22,27-28H2,1-3H3/b20-14+/t34-,35+/m0/s1. The third kappa shape index (κ3) is 11.9. The summed E-state index contributed by atoms with van der Waals surface area (Å²) in [6, 6.07) is 27.9. The summed E-state index contributed by atoms with van der Waals surface area (Å²) in [6.07, 6.45) is 9.94. The number of carbonyl (C=O) groups excluding carboxylic acids is 2. The Balaban J connectivity index is 1.69. The number of allylic oxidation sites excluding steroid dienone is 1. The largest absolute Gasteiger partial charge is 0.497 e. The average Bonchev–Trinajstić information content (AvgIpc) is 3.02. The van der Waals surface area contributed by atoms with Crippen LogP contribution in [0.1, 0.15) is 69.1 Å². The Labute approximate surface area is 251 Å². The van der Waals surface area contributed by atoms with Gasteiger partial charge in [0.15, 0.2) is 0 Å². The molecule has 0 N–H and O–H groups in total. The maximum Gasteiger partial charge on any atom is 0.310 e. The number of benzene rings is 3. The Morgan fingerprint density at radius 1 is 0.714 bits per heavy atom. The summed E-state index contributed by atoms with van der Waals surface area (Å²) in [6.45, 7) is 4.52. The van der Waals surface area contributed by atoms with Crippen LogP contribution in [0, 0.1) is 17.8 Å². The number of carbonyl (C=O) groups is 2. The van der Waals surface area contributed by atoms with Crippen molar-refractivity contribution in [3.8, 4) is 5.75 Å². The maximum atomic E-state index is 13.5. The summed E-state index contributed by atoms with van der Waals surface area (Å²) in [7, 11) is 1.64. The van der Waals surface area contributed by atoms with E-state index in [1.54, 1.807) is 7.11 Å². The molecule has 224 valence electrons. The fourth-order valence-electron chi connectivity index (χ4n) is 4.86. The first-order valence-corrected chi connectivity index (χ1v) is 15.2. The van der Waals surface area contributed by atoms with E-state index in [0.717, 1.165) is 49.0 Å². The van der Waals surface area contributed by atoms with Crippen LogP contribution in [0.3, 0.4) is 0 Å². The lowest BCUT2D eigenvalue weighted by Crippen LogP contribution is -2.33. The zero-order chi connectivity index (χ0) is 30.0. The molecule has 0 bridgehead atoms. The third-order valence-corrected chi connectivity index (χ3v) is 7.26. The monoisotopic (exact) mass is 570 g/mol. The van der Waals surface area contributed by atoms with Crippen LogP contribution < -0.4 is 4.74 Å². The fourth-order valence-corrected chi connectivity index (χ4v) is 4.86. The number of aryl methyl sites for hydroxylation is 1. The topological polar surface area (TPSA) is 61.8 Å². The van der Waals surface area contributed by atoms with Crippen molar-refractivity contribution in [2.45, 2.75) is 65.4 Å². The van der Waals surface area contributed by atoms with E-state index < -0.39 is 11.8 Å². The van der Waals surface area contributed by atoms with Crippen LogP contribution in [-0.2, 0) is 32.1 Å². The predicted molar refractivity (Wildman–Crippen MR) is 169 cm³/mol. The van der Waals surface area contributed by atoms with Crippen LogP contribution in [0.4, 0.5) is 0 Å². The van der Waals surface area contributed by atoms with Crippen LogP contribution in [0.5, 0.6) is 5.75 Å². The zero-order valence-corrected chi connectivity index (χ0v) is 25.4. The highest BCUT2D eigenvalue weighted by Crippen LogP contribution is 2.28. The molecule has 0 aliphatic rings. The fraction of sp³-hybridized carbons (Fsp3) is 0.405. The first-order chi connectivity index (χ1) is 20.5. The van der Waals surface area contributed by atoms with Gasteiger partial charge in [-0.05, 0) is 60.4 Å². The molecular formula is C37H46O5. The number of rotatable bonds is 18. The maximum absolute atomic E-state index is 13.5. The van der Waals surface area contributed by atoms with Gasteiger partial charge in [0.05, 0.1) is 25.6 Å². The number of hydrogen-bond acceptors (Lipinski definition) is 5. The first-order valence-electron chi connectivity index (χ1n) is 15.2. The van der Waals surface area contributed by atoms with E-state index in [4.69, 9.17) is 14.2 Å². The van der Waals surface area contributed by atoms with Crippen molar-refractivity contribution in [2.75, 3.05) is 13.7 Å². The highest BCUT2D eigenvalue weighted by Gasteiger charge is 2.35. The zero-order valence-electron chi connectivity index (χ0n) is 25.4. The second-order valence-corrected chi connectivity index (χ2v) is 11.2. The van der Waals surface area contributed by atoms with Gasteiger partial charge < -0.3 is 14.2 Å². The summed E-state index contributed by atoms with van der Waals surface area (Å²) < 4.78 is 16.7. The minimum atomic E-state index is -0.620. The van der Waals surface area contributed by atoms with Crippen LogP contribution in [0.2, 0.25) is 0 Å². The van der Waals surface area contributed by atoms with Gasteiger partial charge in [-0.25, -0.2) is 0 Å². The normalized spacial score (nSPS) is 12.7.